The Morgan fingerprint density at radius 2 is 1.53 bits per heavy atom. The summed E-state index contributed by atoms with van der Waals surface area (Å²) in [6.07, 6.45) is 0.230. The monoisotopic (exact) mass is 439 g/mol. The first-order chi connectivity index (χ1) is 13.9. The second-order valence-corrected chi connectivity index (χ2v) is 6.71. The van der Waals surface area contributed by atoms with Gasteiger partial charge in [0.2, 0.25) is 0 Å². The molecule has 0 atom stereocenters. The Balaban J connectivity index is 0.00000320. The summed E-state index contributed by atoms with van der Waals surface area (Å²) in [5, 5.41) is 10.7. The van der Waals surface area contributed by atoms with Crippen LogP contribution in [0.4, 0.5) is 14.5 Å². The number of non-ortho nitro benzene ring substituents is 1. The van der Waals surface area contributed by atoms with Crippen molar-refractivity contribution < 1.29 is 23.3 Å². The number of ketones is 1. The Hall–Kier alpha value is -2.91. The Morgan fingerprint density at radius 1 is 0.967 bits per heavy atom. The number of nitro groups is 1. The molecule has 1 amide bonds. The first-order valence-electron chi connectivity index (χ1n) is 9.10. The molecule has 0 spiro atoms. The Morgan fingerprint density at radius 3 is 2.07 bits per heavy atom. The van der Waals surface area contributed by atoms with Crippen LogP contribution in [-0.4, -0.2) is 59.1 Å². The lowest BCUT2D eigenvalue weighted by atomic mass is 10.1. The Bertz CT molecular complexity index is 912. The van der Waals surface area contributed by atoms with Crippen LogP contribution in [0.25, 0.3) is 0 Å². The molecular formula is C20H20ClF2N3O4. The van der Waals surface area contributed by atoms with Gasteiger partial charge in [-0.15, -0.1) is 12.4 Å². The number of nitrogens with zero attached hydrogens (tertiary/aromatic N) is 3. The fraction of sp³-hybridized carbons (Fsp3) is 0.300. The van der Waals surface area contributed by atoms with Gasteiger partial charge in [0.1, 0.15) is 17.2 Å². The highest BCUT2D eigenvalue weighted by atomic mass is 35.5. The van der Waals surface area contributed by atoms with E-state index < -0.39 is 28.0 Å². The summed E-state index contributed by atoms with van der Waals surface area (Å²) in [7, 11) is 0. The molecule has 30 heavy (non-hydrogen) atoms. The van der Waals surface area contributed by atoms with Gasteiger partial charge in [0.25, 0.3) is 11.6 Å². The predicted molar refractivity (Wildman–Crippen MR) is 108 cm³/mol. The molecule has 2 aromatic rings. The number of hydrogen-bond donors (Lipinski definition) is 0. The van der Waals surface area contributed by atoms with Crippen LogP contribution in [0.2, 0.25) is 0 Å². The summed E-state index contributed by atoms with van der Waals surface area (Å²) in [4.78, 5) is 38.2. The van der Waals surface area contributed by atoms with Crippen LogP contribution in [0, 0.1) is 21.7 Å². The van der Waals surface area contributed by atoms with E-state index in [1.165, 1.54) is 35.2 Å². The van der Waals surface area contributed by atoms with Crippen LogP contribution in [0.5, 0.6) is 0 Å². The summed E-state index contributed by atoms with van der Waals surface area (Å²) in [6.45, 7) is 2.03. The lowest BCUT2D eigenvalue weighted by Crippen LogP contribution is -2.49. The van der Waals surface area contributed by atoms with Crippen molar-refractivity contribution in [2.45, 2.75) is 6.42 Å². The number of carbonyl (C=O) groups is 2. The number of piperazine rings is 1. The molecule has 0 radical (unpaired) electrons. The highest BCUT2D eigenvalue weighted by Crippen LogP contribution is 2.17. The number of rotatable bonds is 6. The molecule has 0 aliphatic carbocycles. The molecule has 0 N–H and O–H groups in total. The molecule has 1 fully saturated rings. The van der Waals surface area contributed by atoms with E-state index >= 15 is 0 Å². The summed E-state index contributed by atoms with van der Waals surface area (Å²) in [6, 6.07) is 8.76. The Labute approximate surface area is 177 Å². The number of hydrogen-bond acceptors (Lipinski definition) is 5. The lowest BCUT2D eigenvalue weighted by Gasteiger charge is -2.34. The predicted octanol–water partition coefficient (Wildman–Crippen LogP) is 3.33. The van der Waals surface area contributed by atoms with Crippen LogP contribution in [0.15, 0.2) is 42.5 Å². The van der Waals surface area contributed by atoms with Gasteiger partial charge in [-0.25, -0.2) is 8.78 Å². The number of amides is 1. The largest absolute Gasteiger partial charge is 0.336 e. The molecule has 3 rings (SSSR count). The standard InChI is InChI=1S/C20H19F2N3O4.ClH/c21-16-2-1-3-17(22)19(16)20(27)24-12-10-23(11-13-24)9-8-18(26)14-4-6-15(7-5-14)25(28)29;/h1-7H,8-13H2;1H. The molecule has 2 aromatic carbocycles. The van der Waals surface area contributed by atoms with E-state index in [2.05, 4.69) is 0 Å². The minimum Gasteiger partial charge on any atom is -0.336 e. The summed E-state index contributed by atoms with van der Waals surface area (Å²) in [5.41, 5.74) is -0.220. The van der Waals surface area contributed by atoms with Crippen molar-refractivity contribution in [3.8, 4) is 0 Å². The number of Topliss-reactive ketones (excluding diaryl/α,β-unsaturated/α-hetero) is 1. The van der Waals surface area contributed by atoms with E-state index in [9.17, 15) is 28.5 Å². The molecule has 1 heterocycles. The van der Waals surface area contributed by atoms with Crippen molar-refractivity contribution in [3.05, 3.63) is 75.3 Å². The van der Waals surface area contributed by atoms with Gasteiger partial charge in [-0.3, -0.25) is 24.6 Å². The maximum atomic E-state index is 13.8. The molecular weight excluding hydrogens is 420 g/mol. The van der Waals surface area contributed by atoms with Gasteiger partial charge in [-0.1, -0.05) is 6.07 Å². The summed E-state index contributed by atoms with van der Waals surface area (Å²) in [5.74, 6) is -2.58. The van der Waals surface area contributed by atoms with Gasteiger partial charge in [0, 0.05) is 56.8 Å². The van der Waals surface area contributed by atoms with Crippen molar-refractivity contribution in [2.75, 3.05) is 32.7 Å². The van der Waals surface area contributed by atoms with E-state index in [-0.39, 0.29) is 30.3 Å². The first kappa shape index (κ1) is 23.4. The van der Waals surface area contributed by atoms with E-state index in [4.69, 9.17) is 0 Å². The second-order valence-electron chi connectivity index (χ2n) is 6.71. The first-order valence-corrected chi connectivity index (χ1v) is 9.10. The van der Waals surface area contributed by atoms with Crippen LogP contribution >= 0.6 is 12.4 Å². The average Bonchev–Trinajstić information content (AvgIpc) is 2.72. The van der Waals surface area contributed by atoms with Gasteiger partial charge < -0.3 is 4.90 Å². The molecule has 0 saturated carbocycles. The molecule has 160 valence electrons. The smallest absolute Gasteiger partial charge is 0.269 e. The summed E-state index contributed by atoms with van der Waals surface area (Å²) >= 11 is 0. The van der Waals surface area contributed by atoms with Gasteiger partial charge in [-0.05, 0) is 24.3 Å². The third-order valence-corrected chi connectivity index (χ3v) is 4.89. The molecule has 10 heteroatoms. The van der Waals surface area contributed by atoms with Crippen molar-refractivity contribution >= 4 is 29.8 Å². The maximum absolute atomic E-state index is 13.8. The normalized spacial score (nSPS) is 14.1. The Kier molecular flexibility index (Phi) is 7.96. The van der Waals surface area contributed by atoms with Crippen LogP contribution in [-0.2, 0) is 0 Å². The minimum atomic E-state index is -0.883. The SMILES string of the molecule is Cl.O=C(CCN1CCN(C(=O)c2c(F)cccc2F)CC1)c1ccc([N+](=O)[O-])cc1. The number of nitro benzene ring substituents is 1. The second kappa shape index (κ2) is 10.2. The van der Waals surface area contributed by atoms with Gasteiger partial charge in [0.05, 0.1) is 4.92 Å². The van der Waals surface area contributed by atoms with Gasteiger partial charge in [0.15, 0.2) is 5.78 Å². The summed E-state index contributed by atoms with van der Waals surface area (Å²) < 4.78 is 27.6. The van der Waals surface area contributed by atoms with Crippen molar-refractivity contribution in [1.82, 2.24) is 9.80 Å². The third kappa shape index (κ3) is 5.37. The molecule has 1 saturated heterocycles. The van der Waals surface area contributed by atoms with E-state index in [1.807, 2.05) is 4.90 Å². The topological polar surface area (TPSA) is 83.8 Å². The molecule has 1 aliphatic rings. The maximum Gasteiger partial charge on any atom is 0.269 e. The highest BCUT2D eigenvalue weighted by Gasteiger charge is 2.26. The zero-order valence-electron chi connectivity index (χ0n) is 15.9. The molecule has 7 nitrogen and oxygen atoms in total. The fourth-order valence-corrected chi connectivity index (χ4v) is 3.21. The quantitative estimate of drug-likeness (QED) is 0.391. The van der Waals surface area contributed by atoms with E-state index in [0.29, 0.717) is 38.3 Å². The zero-order chi connectivity index (χ0) is 21.0. The van der Waals surface area contributed by atoms with Crippen LogP contribution < -0.4 is 0 Å². The molecule has 1 aliphatic heterocycles. The van der Waals surface area contributed by atoms with Crippen molar-refractivity contribution in [1.29, 1.82) is 0 Å². The van der Waals surface area contributed by atoms with Crippen molar-refractivity contribution in [2.24, 2.45) is 0 Å². The average molecular weight is 440 g/mol. The van der Waals surface area contributed by atoms with Gasteiger partial charge >= 0.3 is 0 Å². The van der Waals surface area contributed by atoms with Gasteiger partial charge in [-0.2, -0.15) is 0 Å². The molecule has 0 unspecified atom stereocenters. The third-order valence-electron chi connectivity index (χ3n) is 4.89. The number of benzene rings is 2. The van der Waals surface area contributed by atoms with Crippen LogP contribution in [0.1, 0.15) is 27.1 Å². The highest BCUT2D eigenvalue weighted by molar-refractivity contribution is 5.96. The fourth-order valence-electron chi connectivity index (χ4n) is 3.21. The van der Waals surface area contributed by atoms with Crippen molar-refractivity contribution in [3.63, 3.8) is 0 Å². The lowest BCUT2D eigenvalue weighted by molar-refractivity contribution is -0.384. The van der Waals surface area contributed by atoms with E-state index in [0.717, 1.165) is 12.1 Å². The minimum absolute atomic E-state index is 0. The van der Waals surface area contributed by atoms with Crippen LogP contribution in [0.3, 0.4) is 0 Å². The zero-order valence-corrected chi connectivity index (χ0v) is 16.7. The number of carbonyl (C=O) groups excluding carboxylic acids is 2. The molecule has 0 aromatic heterocycles. The van der Waals surface area contributed by atoms with E-state index in [1.54, 1.807) is 0 Å². The molecule has 0 bridgehead atoms. The number of halogens is 3.